The Morgan fingerprint density at radius 2 is 2.20 bits per heavy atom. The second-order valence-electron chi connectivity index (χ2n) is 2.68. The van der Waals surface area contributed by atoms with Gasteiger partial charge in [-0.15, -0.1) is 0 Å². The third-order valence-electron chi connectivity index (χ3n) is 1.64. The summed E-state index contributed by atoms with van der Waals surface area (Å²) in [7, 11) is 1.57. The van der Waals surface area contributed by atoms with Crippen LogP contribution < -0.4 is 4.74 Å². The Bertz CT molecular complexity index is 356. The fraction of sp³-hybridized carbons (Fsp3) is 0.333. The molecule has 0 saturated carbocycles. The first kappa shape index (κ1) is 12.6. The van der Waals surface area contributed by atoms with Gasteiger partial charge in [0.1, 0.15) is 17.3 Å². The highest BCUT2D eigenvalue weighted by Gasteiger charge is 2.09. The zero-order chi connectivity index (χ0) is 11.3. The summed E-state index contributed by atoms with van der Waals surface area (Å²) in [5.74, 6) is 0.399. The molecule has 0 saturated heterocycles. The molecule has 0 radical (unpaired) electrons. The van der Waals surface area contributed by atoms with Gasteiger partial charge in [-0.2, -0.15) is 0 Å². The van der Waals surface area contributed by atoms with Crippen molar-refractivity contribution in [1.82, 2.24) is 0 Å². The van der Waals surface area contributed by atoms with E-state index in [-0.39, 0.29) is 4.90 Å². The first-order chi connectivity index (χ1) is 7.15. The highest BCUT2D eigenvalue weighted by Crippen LogP contribution is 2.25. The molecule has 0 aliphatic carbocycles. The third kappa shape index (κ3) is 3.90. The van der Waals surface area contributed by atoms with Crippen molar-refractivity contribution in [2.24, 2.45) is 0 Å². The van der Waals surface area contributed by atoms with Gasteiger partial charge in [0.2, 0.25) is 0 Å². The average molecular weight is 295 g/mol. The van der Waals surface area contributed by atoms with E-state index >= 15 is 0 Å². The SMILES string of the molecule is COCCOc1ccc(Br)cc1S(=O)O. The molecule has 0 amide bonds. The highest BCUT2D eigenvalue weighted by atomic mass is 79.9. The van der Waals surface area contributed by atoms with Crippen LogP contribution in [0.3, 0.4) is 0 Å². The molecular weight excluding hydrogens is 284 g/mol. The topological polar surface area (TPSA) is 55.8 Å². The summed E-state index contributed by atoms with van der Waals surface area (Å²) in [6.07, 6.45) is 0. The van der Waals surface area contributed by atoms with Crippen molar-refractivity contribution in [2.45, 2.75) is 4.90 Å². The molecule has 1 aromatic rings. The van der Waals surface area contributed by atoms with Crippen LogP contribution in [0.2, 0.25) is 0 Å². The second kappa shape index (κ2) is 6.22. The van der Waals surface area contributed by atoms with Crippen LogP contribution in [0.1, 0.15) is 0 Å². The van der Waals surface area contributed by atoms with Crippen molar-refractivity contribution < 1.29 is 18.2 Å². The minimum absolute atomic E-state index is 0.250. The maximum absolute atomic E-state index is 11.0. The van der Waals surface area contributed by atoms with Crippen LogP contribution in [0.4, 0.5) is 0 Å². The van der Waals surface area contributed by atoms with Crippen molar-refractivity contribution >= 4 is 27.0 Å². The summed E-state index contributed by atoms with van der Waals surface area (Å²) in [6, 6.07) is 4.94. The maximum Gasteiger partial charge on any atom is 0.190 e. The molecule has 0 aromatic heterocycles. The second-order valence-corrected chi connectivity index (χ2v) is 4.54. The summed E-state index contributed by atoms with van der Waals surface area (Å²) in [6.45, 7) is 0.788. The molecule has 0 aliphatic heterocycles. The Kier molecular flexibility index (Phi) is 5.24. The fourth-order valence-corrected chi connectivity index (χ4v) is 2.01. The van der Waals surface area contributed by atoms with Crippen LogP contribution >= 0.6 is 15.9 Å². The molecule has 6 heteroatoms. The van der Waals surface area contributed by atoms with Crippen LogP contribution in [-0.2, 0) is 15.8 Å². The number of benzene rings is 1. The molecule has 1 unspecified atom stereocenters. The van der Waals surface area contributed by atoms with E-state index in [0.29, 0.717) is 19.0 Å². The number of hydrogen-bond acceptors (Lipinski definition) is 3. The predicted octanol–water partition coefficient (Wildman–Crippen LogP) is 2.05. The molecule has 1 rings (SSSR count). The Hall–Kier alpha value is -0.430. The largest absolute Gasteiger partial charge is 0.490 e. The lowest BCUT2D eigenvalue weighted by atomic mass is 10.3. The quantitative estimate of drug-likeness (QED) is 0.667. The van der Waals surface area contributed by atoms with E-state index in [2.05, 4.69) is 15.9 Å². The van der Waals surface area contributed by atoms with E-state index in [4.69, 9.17) is 14.0 Å². The van der Waals surface area contributed by atoms with Gasteiger partial charge in [-0.1, -0.05) is 15.9 Å². The lowest BCUT2D eigenvalue weighted by Crippen LogP contribution is -2.06. The molecule has 1 N–H and O–H groups in total. The molecule has 4 nitrogen and oxygen atoms in total. The van der Waals surface area contributed by atoms with Crippen LogP contribution in [0.25, 0.3) is 0 Å². The van der Waals surface area contributed by atoms with Gasteiger partial charge in [0.05, 0.1) is 6.61 Å². The van der Waals surface area contributed by atoms with Crippen molar-refractivity contribution in [3.8, 4) is 5.75 Å². The van der Waals surface area contributed by atoms with Crippen LogP contribution in [0.5, 0.6) is 5.75 Å². The first-order valence-electron chi connectivity index (χ1n) is 4.17. The molecule has 1 aromatic carbocycles. The van der Waals surface area contributed by atoms with E-state index in [1.807, 2.05) is 0 Å². The Balaban J connectivity index is 2.81. The number of halogens is 1. The van der Waals surface area contributed by atoms with Crippen molar-refractivity contribution in [3.05, 3.63) is 22.7 Å². The van der Waals surface area contributed by atoms with Gasteiger partial charge in [0, 0.05) is 11.6 Å². The van der Waals surface area contributed by atoms with Gasteiger partial charge >= 0.3 is 0 Å². The summed E-state index contributed by atoms with van der Waals surface area (Å²) in [5, 5.41) is 0. The summed E-state index contributed by atoms with van der Waals surface area (Å²) >= 11 is 1.17. The lowest BCUT2D eigenvalue weighted by Gasteiger charge is -2.08. The minimum atomic E-state index is -2.05. The molecule has 0 heterocycles. The van der Waals surface area contributed by atoms with Gasteiger partial charge in [-0.25, -0.2) is 4.21 Å². The normalized spacial score (nSPS) is 12.5. The summed E-state index contributed by atoms with van der Waals surface area (Å²) in [4.78, 5) is 0.250. The van der Waals surface area contributed by atoms with Crippen molar-refractivity contribution in [3.63, 3.8) is 0 Å². The van der Waals surface area contributed by atoms with E-state index in [0.717, 1.165) is 4.47 Å². The molecule has 84 valence electrons. The van der Waals surface area contributed by atoms with Gasteiger partial charge in [-0.3, -0.25) is 0 Å². The summed E-state index contributed by atoms with van der Waals surface area (Å²) in [5.41, 5.74) is 0. The van der Waals surface area contributed by atoms with Gasteiger partial charge < -0.3 is 14.0 Å². The summed E-state index contributed by atoms with van der Waals surface area (Å²) < 4.78 is 30.9. The number of hydrogen-bond donors (Lipinski definition) is 1. The molecule has 0 aliphatic rings. The zero-order valence-corrected chi connectivity index (χ0v) is 10.5. The Morgan fingerprint density at radius 1 is 1.47 bits per heavy atom. The number of methoxy groups -OCH3 is 1. The molecular formula is C9H11BrO4S. The highest BCUT2D eigenvalue weighted by molar-refractivity contribution is 9.10. The zero-order valence-electron chi connectivity index (χ0n) is 8.10. The first-order valence-corrected chi connectivity index (χ1v) is 6.07. The lowest BCUT2D eigenvalue weighted by molar-refractivity contribution is 0.144. The van der Waals surface area contributed by atoms with Crippen molar-refractivity contribution in [1.29, 1.82) is 0 Å². The molecule has 1 atom stereocenters. The number of ether oxygens (including phenoxy) is 2. The Morgan fingerprint density at radius 3 is 2.80 bits per heavy atom. The smallest absolute Gasteiger partial charge is 0.190 e. The maximum atomic E-state index is 11.0. The number of rotatable bonds is 5. The minimum Gasteiger partial charge on any atom is -0.490 e. The van der Waals surface area contributed by atoms with E-state index in [1.165, 1.54) is 0 Å². The average Bonchev–Trinajstić information content (AvgIpc) is 2.20. The standard InChI is InChI=1S/C9H11BrO4S/c1-13-4-5-14-8-3-2-7(10)6-9(8)15(11)12/h2-3,6H,4-5H2,1H3,(H,11,12). The van der Waals surface area contributed by atoms with Gasteiger partial charge in [-0.05, 0) is 18.2 Å². The van der Waals surface area contributed by atoms with Crippen LogP contribution in [0, 0.1) is 0 Å². The molecule has 0 fully saturated rings. The van der Waals surface area contributed by atoms with E-state index < -0.39 is 11.1 Å². The van der Waals surface area contributed by atoms with E-state index in [9.17, 15) is 4.21 Å². The van der Waals surface area contributed by atoms with Crippen LogP contribution in [0.15, 0.2) is 27.6 Å². The molecule has 0 bridgehead atoms. The fourth-order valence-electron chi connectivity index (χ4n) is 0.973. The third-order valence-corrected chi connectivity index (χ3v) is 2.83. The van der Waals surface area contributed by atoms with E-state index in [1.54, 1.807) is 25.3 Å². The Labute approximate surface area is 99.0 Å². The van der Waals surface area contributed by atoms with Gasteiger partial charge in [0.25, 0.3) is 0 Å². The predicted molar refractivity (Wildman–Crippen MR) is 60.6 cm³/mol. The van der Waals surface area contributed by atoms with Crippen molar-refractivity contribution in [2.75, 3.05) is 20.3 Å². The molecule has 15 heavy (non-hydrogen) atoms. The van der Waals surface area contributed by atoms with Crippen LogP contribution in [-0.4, -0.2) is 29.1 Å². The van der Waals surface area contributed by atoms with Gasteiger partial charge in [0.15, 0.2) is 11.1 Å². The molecule has 0 spiro atoms. The monoisotopic (exact) mass is 294 g/mol.